The molecule has 1 saturated heterocycles. The van der Waals surface area contributed by atoms with E-state index < -0.39 is 0 Å². The Bertz CT molecular complexity index is 22.4. The van der Waals surface area contributed by atoms with Gasteiger partial charge in [0, 0.05) is 25.4 Å². The van der Waals surface area contributed by atoms with Gasteiger partial charge in [0.25, 0.3) is 0 Å². The van der Waals surface area contributed by atoms with Crippen LogP contribution in [-0.4, -0.2) is 38.7 Å². The van der Waals surface area contributed by atoms with Gasteiger partial charge in [-0.25, -0.2) is 0 Å². The minimum atomic E-state index is 0. The zero-order valence-corrected chi connectivity index (χ0v) is 4.03. The van der Waals surface area contributed by atoms with Gasteiger partial charge in [-0.2, -0.15) is 0 Å². The van der Waals surface area contributed by atoms with Crippen molar-refractivity contribution in [1.82, 2.24) is 5.32 Å². The first kappa shape index (κ1) is 6.52. The van der Waals surface area contributed by atoms with Crippen LogP contribution in [0.2, 0.25) is 0 Å². The fourth-order valence-electron chi connectivity index (χ4n) is 0.361. The summed E-state index contributed by atoms with van der Waals surface area (Å²) in [7, 11) is 0. The van der Waals surface area contributed by atoms with Crippen LogP contribution in [0, 0.1) is 0 Å². The first-order valence-corrected chi connectivity index (χ1v) is 1.78. The molecule has 31 valence electrons. The Labute approximate surface area is 49.4 Å². The summed E-state index contributed by atoms with van der Waals surface area (Å²) >= 11 is 0. The molecular weight excluding hydrogens is 73.0 g/mol. The van der Waals surface area contributed by atoms with Crippen molar-refractivity contribution >= 4 is 18.9 Å². The average Bonchev–Trinajstić information content (AvgIpc) is 1.76. The van der Waals surface area contributed by atoms with E-state index in [0.29, 0.717) is 0 Å². The van der Waals surface area contributed by atoms with Crippen LogP contribution in [0.25, 0.3) is 0 Å². The van der Waals surface area contributed by atoms with E-state index in [1.165, 1.54) is 0 Å². The molecule has 0 aromatic rings. The number of ether oxygens (including phenoxy) is 1. The third-order valence-corrected chi connectivity index (χ3v) is 0.627. The molecule has 0 atom stereocenters. The van der Waals surface area contributed by atoms with Gasteiger partial charge in [-0.3, -0.25) is 5.32 Å². The maximum Gasteiger partial charge on any atom is 0.0966 e. The Morgan fingerprint density at radius 2 is 2.33 bits per heavy atom. The van der Waals surface area contributed by atoms with Crippen molar-refractivity contribution in [2.24, 2.45) is 0 Å². The maximum atomic E-state index is 4.83. The van der Waals surface area contributed by atoms with Crippen LogP contribution < -0.4 is 5.32 Å². The Morgan fingerprint density at radius 1 is 1.50 bits per heavy atom. The molecule has 3 heteroatoms. The van der Waals surface area contributed by atoms with E-state index in [2.05, 4.69) is 5.32 Å². The second kappa shape index (κ2) is 3.70. The van der Waals surface area contributed by atoms with Gasteiger partial charge in [-0.1, -0.05) is 0 Å². The van der Waals surface area contributed by atoms with Gasteiger partial charge < -0.3 is 4.74 Å². The molecular formula is C3H7LiNO. The minimum Gasteiger partial charge on any atom is -0.365 e. The Balaban J connectivity index is 0.000000250. The Morgan fingerprint density at radius 3 is 2.50 bits per heavy atom. The topological polar surface area (TPSA) is 21.3 Å². The van der Waals surface area contributed by atoms with Crippen LogP contribution >= 0.6 is 0 Å². The van der Waals surface area contributed by atoms with E-state index in [4.69, 9.17) is 4.74 Å². The normalized spacial score (nSPS) is 20.0. The smallest absolute Gasteiger partial charge is 0.0966 e. The van der Waals surface area contributed by atoms with Crippen molar-refractivity contribution in [2.45, 2.75) is 0 Å². The predicted molar refractivity (Wildman–Crippen MR) is 24.6 cm³/mol. The van der Waals surface area contributed by atoms with Gasteiger partial charge in [0.2, 0.25) is 0 Å². The van der Waals surface area contributed by atoms with Crippen LogP contribution in [0.15, 0.2) is 0 Å². The van der Waals surface area contributed by atoms with E-state index in [1.54, 1.807) is 0 Å². The maximum absolute atomic E-state index is 4.83. The summed E-state index contributed by atoms with van der Waals surface area (Å²) in [5.41, 5.74) is 0. The molecule has 1 aliphatic rings. The summed E-state index contributed by atoms with van der Waals surface area (Å²) in [6.45, 7) is 2.67. The Hall–Kier alpha value is 0.517. The number of nitrogens with one attached hydrogen (secondary N) is 1. The standard InChI is InChI=1S/C3H7NO.Li/c1-2-5-3-4-1;/h4H,1-3H2;. The second-order valence-corrected chi connectivity index (χ2v) is 1.05. The molecule has 0 aromatic heterocycles. The van der Waals surface area contributed by atoms with Crippen LogP contribution in [-0.2, 0) is 4.74 Å². The van der Waals surface area contributed by atoms with Crippen LogP contribution in [0.5, 0.6) is 0 Å². The molecule has 1 fully saturated rings. The first-order valence-electron chi connectivity index (χ1n) is 1.78. The molecule has 6 heavy (non-hydrogen) atoms. The number of hydrogen-bond acceptors (Lipinski definition) is 2. The summed E-state index contributed by atoms with van der Waals surface area (Å²) in [5, 5.41) is 3.00. The van der Waals surface area contributed by atoms with Crippen molar-refractivity contribution in [3.63, 3.8) is 0 Å². The minimum absolute atomic E-state index is 0. The molecule has 2 nitrogen and oxygen atoms in total. The monoisotopic (exact) mass is 80.1 g/mol. The molecule has 0 unspecified atom stereocenters. The molecule has 0 saturated carbocycles. The van der Waals surface area contributed by atoms with E-state index in [0.717, 1.165) is 19.9 Å². The van der Waals surface area contributed by atoms with Crippen LogP contribution in [0.4, 0.5) is 0 Å². The Kier molecular flexibility index (Phi) is 4.02. The summed E-state index contributed by atoms with van der Waals surface area (Å²) < 4.78 is 4.83. The fraction of sp³-hybridized carbons (Fsp3) is 1.00. The van der Waals surface area contributed by atoms with E-state index in [1.807, 2.05) is 0 Å². The van der Waals surface area contributed by atoms with Gasteiger partial charge in [0.05, 0.1) is 13.3 Å². The van der Waals surface area contributed by atoms with Gasteiger partial charge in [0.15, 0.2) is 0 Å². The predicted octanol–water partition coefficient (Wildman–Crippen LogP) is -0.817. The summed E-state index contributed by atoms with van der Waals surface area (Å²) in [6.07, 6.45) is 0. The van der Waals surface area contributed by atoms with Gasteiger partial charge in [-0.15, -0.1) is 0 Å². The first-order chi connectivity index (χ1) is 2.50. The molecule has 0 bridgehead atoms. The van der Waals surface area contributed by atoms with Crippen molar-refractivity contribution in [3.8, 4) is 0 Å². The third kappa shape index (κ3) is 1.84. The molecule has 1 aliphatic heterocycles. The zero-order valence-electron chi connectivity index (χ0n) is 4.03. The van der Waals surface area contributed by atoms with Crippen molar-refractivity contribution in [1.29, 1.82) is 0 Å². The molecule has 0 aromatic carbocycles. The summed E-state index contributed by atoms with van der Waals surface area (Å²) in [6, 6.07) is 0. The quantitative estimate of drug-likeness (QED) is 0.384. The SMILES string of the molecule is C1COCN1.[Li]. The summed E-state index contributed by atoms with van der Waals surface area (Å²) in [4.78, 5) is 0. The summed E-state index contributed by atoms with van der Waals surface area (Å²) in [5.74, 6) is 0. The third-order valence-electron chi connectivity index (χ3n) is 0.627. The van der Waals surface area contributed by atoms with E-state index in [-0.39, 0.29) is 18.9 Å². The molecule has 0 spiro atoms. The van der Waals surface area contributed by atoms with Gasteiger partial charge in [0.1, 0.15) is 0 Å². The van der Waals surface area contributed by atoms with Gasteiger partial charge in [-0.05, 0) is 0 Å². The van der Waals surface area contributed by atoms with Crippen LogP contribution in [0.1, 0.15) is 0 Å². The van der Waals surface area contributed by atoms with Crippen LogP contribution in [0.3, 0.4) is 0 Å². The molecule has 1 heterocycles. The second-order valence-electron chi connectivity index (χ2n) is 1.05. The molecule has 0 amide bonds. The zero-order chi connectivity index (χ0) is 3.54. The van der Waals surface area contributed by atoms with Crippen molar-refractivity contribution in [3.05, 3.63) is 0 Å². The fourth-order valence-corrected chi connectivity index (χ4v) is 0.361. The van der Waals surface area contributed by atoms with Crippen molar-refractivity contribution in [2.75, 3.05) is 19.9 Å². The number of hydrogen-bond donors (Lipinski definition) is 1. The van der Waals surface area contributed by atoms with Crippen molar-refractivity contribution < 1.29 is 4.74 Å². The molecule has 1 N–H and O–H groups in total. The van der Waals surface area contributed by atoms with E-state index >= 15 is 0 Å². The van der Waals surface area contributed by atoms with Gasteiger partial charge >= 0.3 is 0 Å². The molecule has 1 rings (SSSR count). The molecule has 1 radical (unpaired) electrons. The largest absolute Gasteiger partial charge is 0.365 e. The van der Waals surface area contributed by atoms with E-state index in [9.17, 15) is 0 Å². The average molecular weight is 80.0 g/mol. The molecule has 0 aliphatic carbocycles. The number of rotatable bonds is 0.